The van der Waals surface area contributed by atoms with Crippen LogP contribution in [0.1, 0.15) is 26.7 Å². The highest BCUT2D eigenvalue weighted by Gasteiger charge is 2.15. The molecular formula is C19H33IN4O2. The molecule has 1 aliphatic heterocycles. The molecule has 7 heteroatoms. The molecule has 1 aromatic rings. The Morgan fingerprint density at radius 2 is 2.00 bits per heavy atom. The molecule has 0 unspecified atom stereocenters. The fraction of sp³-hybridized carbons (Fsp3) is 0.632. The molecule has 148 valence electrons. The molecule has 1 aliphatic rings. The molecular weight excluding hydrogens is 443 g/mol. The zero-order valence-electron chi connectivity index (χ0n) is 16.4. The summed E-state index contributed by atoms with van der Waals surface area (Å²) in [6.07, 6.45) is 2.61. The number of piperidine rings is 1. The van der Waals surface area contributed by atoms with Gasteiger partial charge in [0.1, 0.15) is 0 Å². The first kappa shape index (κ1) is 22.8. The number of hydrogen-bond acceptors (Lipinski definition) is 4. The third kappa shape index (κ3) is 7.19. The lowest BCUT2D eigenvalue weighted by molar-refractivity contribution is 0.195. The Labute approximate surface area is 174 Å². The zero-order valence-corrected chi connectivity index (χ0v) is 18.7. The number of anilines is 1. The van der Waals surface area contributed by atoms with Gasteiger partial charge in [-0.1, -0.05) is 6.92 Å². The smallest absolute Gasteiger partial charge is 0.195 e. The van der Waals surface area contributed by atoms with E-state index in [-0.39, 0.29) is 24.0 Å². The molecule has 0 bridgehead atoms. The Balaban J connectivity index is 0.00000338. The molecule has 0 aromatic heterocycles. The van der Waals surface area contributed by atoms with E-state index >= 15 is 0 Å². The van der Waals surface area contributed by atoms with E-state index in [9.17, 15) is 0 Å². The normalized spacial score (nSPS) is 15.9. The van der Waals surface area contributed by atoms with E-state index in [4.69, 9.17) is 9.47 Å². The van der Waals surface area contributed by atoms with Crippen LogP contribution in [0.4, 0.5) is 5.69 Å². The molecule has 0 radical (unpaired) electrons. The summed E-state index contributed by atoms with van der Waals surface area (Å²) in [4.78, 5) is 6.81. The predicted octanol–water partition coefficient (Wildman–Crippen LogP) is 3.43. The quantitative estimate of drug-likeness (QED) is 0.359. The van der Waals surface area contributed by atoms with E-state index in [1.165, 1.54) is 25.9 Å². The molecule has 1 heterocycles. The van der Waals surface area contributed by atoms with Gasteiger partial charge in [0.25, 0.3) is 0 Å². The summed E-state index contributed by atoms with van der Waals surface area (Å²) in [5.74, 6) is 3.09. The fourth-order valence-corrected chi connectivity index (χ4v) is 2.95. The van der Waals surface area contributed by atoms with Crippen LogP contribution in [-0.2, 0) is 0 Å². The second-order valence-corrected chi connectivity index (χ2v) is 6.45. The Hall–Kier alpha value is -1.22. The second kappa shape index (κ2) is 12.2. The van der Waals surface area contributed by atoms with Crippen LogP contribution in [0, 0.1) is 5.92 Å². The molecule has 1 saturated heterocycles. The minimum Gasteiger partial charge on any atom is -0.493 e. The van der Waals surface area contributed by atoms with Crippen LogP contribution in [0.25, 0.3) is 0 Å². The number of likely N-dealkylation sites (tertiary alicyclic amines) is 1. The van der Waals surface area contributed by atoms with Gasteiger partial charge in [-0.15, -0.1) is 24.0 Å². The van der Waals surface area contributed by atoms with Gasteiger partial charge >= 0.3 is 0 Å². The maximum atomic E-state index is 5.55. The van der Waals surface area contributed by atoms with Crippen LogP contribution in [-0.4, -0.2) is 57.8 Å². The maximum absolute atomic E-state index is 5.55. The molecule has 0 aliphatic carbocycles. The Bertz CT molecular complexity index is 560. The SMILES string of the molecule is CCOc1ccc(NC(=NC)NCCN2CCC(C)CC2)cc1OC.I. The van der Waals surface area contributed by atoms with Crippen LogP contribution in [0.2, 0.25) is 0 Å². The molecule has 26 heavy (non-hydrogen) atoms. The van der Waals surface area contributed by atoms with E-state index < -0.39 is 0 Å². The minimum atomic E-state index is 0. The van der Waals surface area contributed by atoms with Crippen molar-refractivity contribution in [2.45, 2.75) is 26.7 Å². The Kier molecular flexibility index (Phi) is 10.7. The van der Waals surface area contributed by atoms with E-state index in [0.29, 0.717) is 12.4 Å². The van der Waals surface area contributed by atoms with Crippen molar-refractivity contribution in [2.24, 2.45) is 10.9 Å². The topological polar surface area (TPSA) is 58.1 Å². The number of guanidine groups is 1. The molecule has 2 rings (SSSR count). The number of methoxy groups -OCH3 is 1. The first-order valence-corrected chi connectivity index (χ1v) is 9.17. The number of hydrogen-bond donors (Lipinski definition) is 2. The highest BCUT2D eigenvalue weighted by molar-refractivity contribution is 14.0. The van der Waals surface area contributed by atoms with Gasteiger partial charge in [-0.25, -0.2) is 0 Å². The lowest BCUT2D eigenvalue weighted by Crippen LogP contribution is -2.40. The Morgan fingerprint density at radius 3 is 2.62 bits per heavy atom. The second-order valence-electron chi connectivity index (χ2n) is 6.45. The molecule has 0 saturated carbocycles. The molecule has 1 aromatic carbocycles. The fourth-order valence-electron chi connectivity index (χ4n) is 2.95. The van der Waals surface area contributed by atoms with Crippen LogP contribution < -0.4 is 20.1 Å². The van der Waals surface area contributed by atoms with Gasteiger partial charge < -0.3 is 25.0 Å². The van der Waals surface area contributed by atoms with E-state index in [1.807, 2.05) is 25.1 Å². The first-order valence-electron chi connectivity index (χ1n) is 9.17. The van der Waals surface area contributed by atoms with Gasteiger partial charge in [-0.2, -0.15) is 0 Å². The number of rotatable bonds is 7. The highest BCUT2D eigenvalue weighted by Crippen LogP contribution is 2.30. The highest BCUT2D eigenvalue weighted by atomic mass is 127. The molecule has 2 N–H and O–H groups in total. The lowest BCUT2D eigenvalue weighted by atomic mass is 9.99. The number of aliphatic imine (C=N–C) groups is 1. The molecule has 0 spiro atoms. The van der Waals surface area contributed by atoms with Crippen molar-refractivity contribution >= 4 is 35.6 Å². The average molecular weight is 476 g/mol. The largest absolute Gasteiger partial charge is 0.493 e. The van der Waals surface area contributed by atoms with Crippen molar-refractivity contribution < 1.29 is 9.47 Å². The van der Waals surface area contributed by atoms with Crippen molar-refractivity contribution in [1.82, 2.24) is 10.2 Å². The summed E-state index contributed by atoms with van der Waals surface area (Å²) in [5.41, 5.74) is 0.917. The summed E-state index contributed by atoms with van der Waals surface area (Å²) in [5, 5.41) is 6.68. The number of halogens is 1. The standard InChI is InChI=1S/C19H32N4O2.HI/c1-5-25-17-7-6-16(14-18(17)24-4)22-19(20-3)21-10-13-23-11-8-15(2)9-12-23;/h6-7,14-15H,5,8-13H2,1-4H3,(H2,20,21,22);1H. The summed E-state index contributed by atoms with van der Waals surface area (Å²) in [7, 11) is 3.43. The van der Waals surface area contributed by atoms with Crippen molar-refractivity contribution in [3.8, 4) is 11.5 Å². The van der Waals surface area contributed by atoms with Gasteiger partial charge in [-0.3, -0.25) is 4.99 Å². The van der Waals surface area contributed by atoms with Crippen LogP contribution in [0.5, 0.6) is 11.5 Å². The summed E-state index contributed by atoms with van der Waals surface area (Å²) in [6, 6.07) is 5.79. The maximum Gasteiger partial charge on any atom is 0.195 e. The van der Waals surface area contributed by atoms with E-state index in [1.54, 1.807) is 14.2 Å². The molecule has 1 fully saturated rings. The summed E-state index contributed by atoms with van der Waals surface area (Å²) >= 11 is 0. The number of nitrogens with zero attached hydrogens (tertiary/aromatic N) is 2. The molecule has 0 amide bonds. The lowest BCUT2D eigenvalue weighted by Gasteiger charge is -2.30. The monoisotopic (exact) mass is 476 g/mol. The molecule has 0 atom stereocenters. The van der Waals surface area contributed by atoms with Crippen LogP contribution >= 0.6 is 24.0 Å². The summed E-state index contributed by atoms with van der Waals surface area (Å²) < 4.78 is 10.9. The number of benzene rings is 1. The minimum absolute atomic E-state index is 0. The van der Waals surface area contributed by atoms with Crippen molar-refractivity contribution in [3.63, 3.8) is 0 Å². The average Bonchev–Trinajstić information content (AvgIpc) is 2.63. The third-order valence-corrected chi connectivity index (χ3v) is 4.55. The van der Waals surface area contributed by atoms with Crippen molar-refractivity contribution in [3.05, 3.63) is 18.2 Å². The zero-order chi connectivity index (χ0) is 18.1. The van der Waals surface area contributed by atoms with Gasteiger partial charge in [0.2, 0.25) is 0 Å². The number of nitrogens with one attached hydrogen (secondary N) is 2. The van der Waals surface area contributed by atoms with E-state index in [0.717, 1.165) is 36.4 Å². The van der Waals surface area contributed by atoms with Gasteiger partial charge in [-0.05, 0) is 50.9 Å². The van der Waals surface area contributed by atoms with Gasteiger partial charge in [0.15, 0.2) is 17.5 Å². The van der Waals surface area contributed by atoms with Gasteiger partial charge in [0.05, 0.1) is 13.7 Å². The van der Waals surface area contributed by atoms with Gasteiger partial charge in [0, 0.05) is 31.9 Å². The predicted molar refractivity (Wildman–Crippen MR) is 119 cm³/mol. The number of ether oxygens (including phenoxy) is 2. The van der Waals surface area contributed by atoms with Crippen molar-refractivity contribution in [2.75, 3.05) is 52.3 Å². The third-order valence-electron chi connectivity index (χ3n) is 4.55. The van der Waals surface area contributed by atoms with Crippen LogP contribution in [0.15, 0.2) is 23.2 Å². The molecule has 6 nitrogen and oxygen atoms in total. The summed E-state index contributed by atoms with van der Waals surface area (Å²) in [6.45, 7) is 9.23. The van der Waals surface area contributed by atoms with Crippen molar-refractivity contribution in [1.29, 1.82) is 0 Å². The first-order chi connectivity index (χ1) is 12.2. The van der Waals surface area contributed by atoms with E-state index in [2.05, 4.69) is 27.4 Å². The Morgan fingerprint density at radius 1 is 1.27 bits per heavy atom. The van der Waals surface area contributed by atoms with Crippen LogP contribution in [0.3, 0.4) is 0 Å².